The van der Waals surface area contributed by atoms with Gasteiger partial charge in [-0.2, -0.15) is 0 Å². The van der Waals surface area contributed by atoms with Gasteiger partial charge in [-0.05, 0) is 44.9 Å². The number of allylic oxidation sites excluding steroid dienone is 4. The molecule has 2 heterocycles. The third-order valence-electron chi connectivity index (χ3n) is 11.2. The highest BCUT2D eigenvalue weighted by Crippen LogP contribution is 2.30. The van der Waals surface area contributed by atoms with Crippen molar-refractivity contribution in [1.29, 1.82) is 0 Å². The van der Waals surface area contributed by atoms with Crippen LogP contribution in [0.5, 0.6) is 0 Å². The van der Waals surface area contributed by atoms with E-state index in [-0.39, 0.29) is 12.5 Å². The standard InChI is InChI=1S/C44H81NO13/c1-3-5-7-9-10-11-12-13-14-15-16-17-18-19-20-21-22-24-26-28-36(49)45-32(33(48)27-25-23-8-6-4-2)31-55-43-41(54)39(52)42(35(30-47)57-43)58-44-40(53)38(51)37(50)34(29-46)56-44/h10-11,13-14,32-35,37-44,46-48,50-54H,3-9,12,15-31H2,1-2H3,(H,45,49)/b11-10-,14-13-. The SMILES string of the molecule is CCCCC/C=C\C/C=C\CCCCCCCCCCCC(=O)NC(COC1OC(CO)C(OC2OC(CO)C(O)C(O)C2O)C(O)C1O)C(O)CCCCCCC. The molecule has 340 valence electrons. The lowest BCUT2D eigenvalue weighted by Gasteiger charge is -2.46. The number of hydrogen-bond acceptors (Lipinski definition) is 13. The minimum absolute atomic E-state index is 0.220. The van der Waals surface area contributed by atoms with Crippen LogP contribution >= 0.6 is 0 Å². The lowest BCUT2D eigenvalue weighted by molar-refractivity contribution is -0.359. The Morgan fingerprint density at radius 2 is 1.14 bits per heavy atom. The first-order chi connectivity index (χ1) is 28.1. The van der Waals surface area contributed by atoms with Crippen molar-refractivity contribution in [2.75, 3.05) is 19.8 Å². The van der Waals surface area contributed by atoms with E-state index >= 15 is 0 Å². The highest BCUT2D eigenvalue weighted by atomic mass is 16.7. The number of aliphatic hydroxyl groups is 8. The Morgan fingerprint density at radius 1 is 0.621 bits per heavy atom. The zero-order valence-corrected chi connectivity index (χ0v) is 35.5. The van der Waals surface area contributed by atoms with Crippen LogP contribution in [0.1, 0.15) is 155 Å². The molecule has 0 aromatic rings. The quantitative estimate of drug-likeness (QED) is 0.0334. The summed E-state index contributed by atoms with van der Waals surface area (Å²) in [4.78, 5) is 13.0. The zero-order chi connectivity index (χ0) is 42.5. The fourth-order valence-electron chi connectivity index (χ4n) is 7.38. The van der Waals surface area contributed by atoms with Crippen molar-refractivity contribution >= 4 is 5.91 Å². The molecular formula is C44H81NO13. The predicted molar refractivity (Wildman–Crippen MR) is 221 cm³/mol. The number of carbonyl (C=O) groups is 1. The number of aliphatic hydroxyl groups excluding tert-OH is 8. The van der Waals surface area contributed by atoms with Crippen molar-refractivity contribution in [1.82, 2.24) is 5.32 Å². The van der Waals surface area contributed by atoms with Gasteiger partial charge in [0, 0.05) is 6.42 Å². The van der Waals surface area contributed by atoms with Gasteiger partial charge >= 0.3 is 0 Å². The Morgan fingerprint density at radius 3 is 1.76 bits per heavy atom. The van der Waals surface area contributed by atoms with Crippen molar-refractivity contribution in [3.05, 3.63) is 24.3 Å². The number of amides is 1. The van der Waals surface area contributed by atoms with Crippen molar-refractivity contribution in [2.24, 2.45) is 0 Å². The van der Waals surface area contributed by atoms with E-state index in [9.17, 15) is 45.6 Å². The molecule has 2 aliphatic heterocycles. The van der Waals surface area contributed by atoms with Crippen molar-refractivity contribution in [2.45, 2.75) is 229 Å². The largest absolute Gasteiger partial charge is 0.394 e. The highest BCUT2D eigenvalue weighted by molar-refractivity contribution is 5.76. The number of carbonyl (C=O) groups excluding carboxylic acids is 1. The van der Waals surface area contributed by atoms with Crippen molar-refractivity contribution < 1.29 is 64.6 Å². The van der Waals surface area contributed by atoms with Crippen LogP contribution in [-0.4, -0.2) is 140 Å². The van der Waals surface area contributed by atoms with Crippen LogP contribution in [0.25, 0.3) is 0 Å². The highest BCUT2D eigenvalue weighted by Gasteiger charge is 2.51. The van der Waals surface area contributed by atoms with Gasteiger partial charge in [-0.15, -0.1) is 0 Å². The van der Waals surface area contributed by atoms with Crippen LogP contribution in [-0.2, 0) is 23.7 Å². The number of ether oxygens (including phenoxy) is 4. The molecule has 2 fully saturated rings. The van der Waals surface area contributed by atoms with Gasteiger partial charge in [0.2, 0.25) is 5.91 Å². The summed E-state index contributed by atoms with van der Waals surface area (Å²) in [6, 6.07) is -0.824. The van der Waals surface area contributed by atoms with Crippen LogP contribution in [0, 0.1) is 0 Å². The van der Waals surface area contributed by atoms with Gasteiger partial charge in [0.1, 0.15) is 48.8 Å². The topological polar surface area (TPSA) is 228 Å². The molecule has 58 heavy (non-hydrogen) atoms. The van der Waals surface area contributed by atoms with Gasteiger partial charge in [-0.3, -0.25) is 4.79 Å². The summed E-state index contributed by atoms with van der Waals surface area (Å²) >= 11 is 0. The lowest BCUT2D eigenvalue weighted by atomic mass is 9.97. The van der Waals surface area contributed by atoms with Crippen LogP contribution in [0.2, 0.25) is 0 Å². The fourth-order valence-corrected chi connectivity index (χ4v) is 7.38. The Labute approximate surface area is 348 Å². The van der Waals surface area contributed by atoms with Crippen LogP contribution in [0.4, 0.5) is 0 Å². The summed E-state index contributed by atoms with van der Waals surface area (Å²) in [6.45, 7) is 2.70. The molecule has 0 spiro atoms. The molecule has 0 aromatic heterocycles. The zero-order valence-electron chi connectivity index (χ0n) is 35.5. The normalized spacial score (nSPS) is 29.0. The molecule has 1 amide bonds. The summed E-state index contributed by atoms with van der Waals surface area (Å²) in [6.07, 6.45) is 15.3. The van der Waals surface area contributed by atoms with Crippen molar-refractivity contribution in [3.63, 3.8) is 0 Å². The first-order valence-electron chi connectivity index (χ1n) is 22.6. The van der Waals surface area contributed by atoms with Gasteiger partial charge in [0.25, 0.3) is 0 Å². The summed E-state index contributed by atoms with van der Waals surface area (Å²) in [7, 11) is 0. The van der Waals surface area contributed by atoms with Gasteiger partial charge in [0.05, 0.1) is 32.0 Å². The van der Waals surface area contributed by atoms with E-state index in [1.54, 1.807) is 0 Å². The molecule has 9 N–H and O–H groups in total. The van der Waals surface area contributed by atoms with E-state index in [1.165, 1.54) is 57.8 Å². The molecule has 14 nitrogen and oxygen atoms in total. The van der Waals surface area contributed by atoms with Gasteiger partial charge < -0.3 is 65.1 Å². The molecule has 0 aliphatic carbocycles. The van der Waals surface area contributed by atoms with Crippen molar-refractivity contribution in [3.8, 4) is 0 Å². The summed E-state index contributed by atoms with van der Waals surface area (Å²) in [5, 5.41) is 86.1. The molecule has 2 rings (SSSR count). The second kappa shape index (κ2) is 32.2. The number of nitrogens with one attached hydrogen (secondary N) is 1. The summed E-state index contributed by atoms with van der Waals surface area (Å²) in [5.41, 5.74) is 0. The van der Waals surface area contributed by atoms with E-state index in [1.807, 2.05) is 0 Å². The number of rotatable bonds is 33. The van der Waals surface area contributed by atoms with Crippen LogP contribution in [0.15, 0.2) is 24.3 Å². The number of unbranched alkanes of at least 4 members (excludes halogenated alkanes) is 16. The van der Waals surface area contributed by atoms with E-state index in [0.29, 0.717) is 12.8 Å². The number of hydrogen-bond donors (Lipinski definition) is 9. The molecule has 14 heteroatoms. The monoisotopic (exact) mass is 832 g/mol. The van der Waals surface area contributed by atoms with Gasteiger partial charge in [-0.1, -0.05) is 128 Å². The molecular weight excluding hydrogens is 750 g/mol. The molecule has 2 saturated heterocycles. The average molecular weight is 832 g/mol. The summed E-state index contributed by atoms with van der Waals surface area (Å²) < 4.78 is 22.6. The predicted octanol–water partition coefficient (Wildman–Crippen LogP) is 4.21. The summed E-state index contributed by atoms with van der Waals surface area (Å²) in [5.74, 6) is -0.220. The van der Waals surface area contributed by atoms with Crippen LogP contribution in [0.3, 0.4) is 0 Å². The molecule has 0 bridgehead atoms. The lowest BCUT2D eigenvalue weighted by Crippen LogP contribution is -2.65. The molecule has 2 aliphatic rings. The molecule has 0 aromatic carbocycles. The molecule has 12 unspecified atom stereocenters. The van der Waals surface area contributed by atoms with E-state index in [0.717, 1.165) is 70.6 Å². The van der Waals surface area contributed by atoms with Gasteiger partial charge in [-0.25, -0.2) is 0 Å². The first-order valence-corrected chi connectivity index (χ1v) is 22.6. The Kier molecular flexibility index (Phi) is 29.2. The maximum atomic E-state index is 13.0. The first kappa shape index (κ1) is 52.6. The Hall–Kier alpha value is -1.53. The second-order valence-electron chi connectivity index (χ2n) is 16.2. The molecule has 0 radical (unpaired) electrons. The molecule has 0 saturated carbocycles. The minimum Gasteiger partial charge on any atom is -0.394 e. The Bertz CT molecular complexity index is 1080. The van der Waals surface area contributed by atoms with E-state index in [2.05, 4.69) is 43.5 Å². The van der Waals surface area contributed by atoms with E-state index < -0.39 is 86.8 Å². The third kappa shape index (κ3) is 20.4. The second-order valence-corrected chi connectivity index (χ2v) is 16.2. The van der Waals surface area contributed by atoms with Crippen LogP contribution < -0.4 is 5.32 Å². The van der Waals surface area contributed by atoms with E-state index in [4.69, 9.17) is 18.9 Å². The maximum absolute atomic E-state index is 13.0. The minimum atomic E-state index is -1.78. The molecule has 12 atom stereocenters. The fraction of sp³-hybridized carbons (Fsp3) is 0.886. The third-order valence-corrected chi connectivity index (χ3v) is 11.2. The smallest absolute Gasteiger partial charge is 0.220 e. The van der Waals surface area contributed by atoms with Gasteiger partial charge in [0.15, 0.2) is 12.6 Å². The Balaban J connectivity index is 1.76. The average Bonchev–Trinajstić information content (AvgIpc) is 3.22. The maximum Gasteiger partial charge on any atom is 0.220 e.